The Morgan fingerprint density at radius 2 is 1.74 bits per heavy atom. The van der Waals surface area contributed by atoms with Gasteiger partial charge in [0.15, 0.2) is 11.5 Å². The Morgan fingerprint density at radius 3 is 2.61 bits per heavy atom. The molecule has 0 unspecified atom stereocenters. The van der Waals surface area contributed by atoms with Gasteiger partial charge in [-0.1, -0.05) is 36.4 Å². The van der Waals surface area contributed by atoms with E-state index in [0.717, 1.165) is 27.6 Å². The molecule has 0 atom stereocenters. The number of halogens is 1. The molecule has 6 rings (SSSR count). The van der Waals surface area contributed by atoms with Crippen molar-refractivity contribution < 1.29 is 4.39 Å². The maximum atomic E-state index is 14.4. The van der Waals surface area contributed by atoms with E-state index in [-0.39, 0.29) is 5.82 Å². The number of hydrogen-bond donors (Lipinski definition) is 2. The van der Waals surface area contributed by atoms with Gasteiger partial charge in [-0.15, -0.1) is 0 Å². The van der Waals surface area contributed by atoms with Crippen LogP contribution in [0.4, 0.5) is 4.39 Å². The Kier molecular flexibility index (Phi) is 3.86. The minimum atomic E-state index is -0.282. The van der Waals surface area contributed by atoms with Gasteiger partial charge < -0.3 is 4.98 Å². The van der Waals surface area contributed by atoms with E-state index in [1.165, 1.54) is 6.07 Å². The molecule has 0 bridgehead atoms. The Labute approximate surface area is 175 Å². The number of nitrogens with one attached hydrogen (secondary N) is 2. The zero-order chi connectivity index (χ0) is 20.8. The van der Waals surface area contributed by atoms with Gasteiger partial charge in [-0.2, -0.15) is 5.10 Å². The lowest BCUT2D eigenvalue weighted by Crippen LogP contribution is -1.86. The number of aromatic amines is 2. The highest BCUT2D eigenvalue weighted by molar-refractivity contribution is 5.97. The molecule has 0 saturated carbocycles. The number of aromatic nitrogens is 6. The van der Waals surface area contributed by atoms with Gasteiger partial charge >= 0.3 is 0 Å². The number of hydrogen-bond acceptors (Lipinski definition) is 4. The van der Waals surface area contributed by atoms with E-state index >= 15 is 0 Å². The fourth-order valence-electron chi connectivity index (χ4n) is 3.82. The minimum absolute atomic E-state index is 0.282. The molecule has 0 aliphatic rings. The minimum Gasteiger partial charge on any atom is -0.337 e. The van der Waals surface area contributed by atoms with Crippen LogP contribution in [0.25, 0.3) is 55.8 Å². The molecule has 0 aliphatic carbocycles. The SMILES string of the molecule is Fc1ccccc1-c1cccc2[nH]c(-c3n[nH]c4ncc(-c5cccnc5)cc34)nc12. The van der Waals surface area contributed by atoms with Crippen LogP contribution in [-0.4, -0.2) is 30.1 Å². The summed E-state index contributed by atoms with van der Waals surface area (Å²) in [6.45, 7) is 0. The molecule has 0 fully saturated rings. The molecule has 0 aliphatic heterocycles. The first-order chi connectivity index (χ1) is 15.3. The second-order valence-corrected chi connectivity index (χ2v) is 7.20. The molecule has 148 valence electrons. The second kappa shape index (κ2) is 6.84. The van der Waals surface area contributed by atoms with Crippen molar-refractivity contribution in [3.05, 3.63) is 85.1 Å². The molecule has 2 N–H and O–H groups in total. The molecule has 0 amide bonds. The maximum absolute atomic E-state index is 14.4. The topological polar surface area (TPSA) is 83.1 Å². The van der Waals surface area contributed by atoms with Crippen LogP contribution in [-0.2, 0) is 0 Å². The van der Waals surface area contributed by atoms with Gasteiger partial charge in [0.1, 0.15) is 11.5 Å². The zero-order valence-corrected chi connectivity index (χ0v) is 16.2. The van der Waals surface area contributed by atoms with E-state index in [1.54, 1.807) is 30.7 Å². The number of imidazole rings is 1. The molecule has 0 spiro atoms. The summed E-state index contributed by atoms with van der Waals surface area (Å²) in [7, 11) is 0. The third kappa shape index (κ3) is 2.86. The number of fused-ring (bicyclic) bond motifs is 2. The van der Waals surface area contributed by atoms with Crippen molar-refractivity contribution in [2.75, 3.05) is 0 Å². The van der Waals surface area contributed by atoms with Crippen LogP contribution in [0.2, 0.25) is 0 Å². The second-order valence-electron chi connectivity index (χ2n) is 7.20. The van der Waals surface area contributed by atoms with Gasteiger partial charge in [0.25, 0.3) is 0 Å². The van der Waals surface area contributed by atoms with Gasteiger partial charge in [-0.25, -0.2) is 14.4 Å². The van der Waals surface area contributed by atoms with Crippen molar-refractivity contribution in [1.82, 2.24) is 30.1 Å². The average Bonchev–Trinajstić information content (AvgIpc) is 3.43. The van der Waals surface area contributed by atoms with Crippen molar-refractivity contribution in [3.8, 4) is 33.8 Å². The lowest BCUT2D eigenvalue weighted by atomic mass is 10.0. The van der Waals surface area contributed by atoms with Crippen molar-refractivity contribution in [2.24, 2.45) is 0 Å². The Balaban J connectivity index is 1.53. The molecule has 31 heavy (non-hydrogen) atoms. The van der Waals surface area contributed by atoms with Crippen LogP contribution < -0.4 is 0 Å². The van der Waals surface area contributed by atoms with Crippen LogP contribution in [0, 0.1) is 5.82 Å². The summed E-state index contributed by atoms with van der Waals surface area (Å²) in [5.74, 6) is 0.310. The van der Waals surface area contributed by atoms with E-state index in [2.05, 4.69) is 25.1 Å². The largest absolute Gasteiger partial charge is 0.337 e. The highest BCUT2D eigenvalue weighted by Gasteiger charge is 2.17. The number of nitrogens with zero attached hydrogens (tertiary/aromatic N) is 4. The Morgan fingerprint density at radius 1 is 0.839 bits per heavy atom. The number of para-hydroxylation sites is 1. The van der Waals surface area contributed by atoms with E-state index in [4.69, 9.17) is 4.98 Å². The first kappa shape index (κ1) is 17.5. The van der Waals surface area contributed by atoms with E-state index < -0.39 is 0 Å². The lowest BCUT2D eigenvalue weighted by Gasteiger charge is -2.03. The smallest absolute Gasteiger partial charge is 0.159 e. The highest BCUT2D eigenvalue weighted by Crippen LogP contribution is 2.33. The summed E-state index contributed by atoms with van der Waals surface area (Å²) in [6, 6.07) is 18.3. The van der Waals surface area contributed by atoms with Gasteiger partial charge in [0.2, 0.25) is 0 Å². The van der Waals surface area contributed by atoms with Crippen LogP contribution in [0.3, 0.4) is 0 Å². The Bertz CT molecular complexity index is 1550. The fourth-order valence-corrected chi connectivity index (χ4v) is 3.82. The number of benzene rings is 2. The summed E-state index contributed by atoms with van der Waals surface area (Å²) >= 11 is 0. The van der Waals surface area contributed by atoms with Crippen LogP contribution in [0.15, 0.2) is 79.3 Å². The summed E-state index contributed by atoms with van der Waals surface area (Å²) in [4.78, 5) is 16.8. The predicted octanol–water partition coefficient (Wildman–Crippen LogP) is 5.37. The molecule has 2 aromatic carbocycles. The third-order valence-corrected chi connectivity index (χ3v) is 5.31. The van der Waals surface area contributed by atoms with Gasteiger partial charge in [0, 0.05) is 40.8 Å². The fraction of sp³-hybridized carbons (Fsp3) is 0. The highest BCUT2D eigenvalue weighted by atomic mass is 19.1. The summed E-state index contributed by atoms with van der Waals surface area (Å²) in [5, 5.41) is 8.25. The molecule has 6 aromatic rings. The average molecular weight is 406 g/mol. The van der Waals surface area contributed by atoms with Gasteiger partial charge in [-0.05, 0) is 24.3 Å². The zero-order valence-electron chi connectivity index (χ0n) is 16.2. The van der Waals surface area contributed by atoms with Gasteiger partial charge in [-0.3, -0.25) is 10.1 Å². The van der Waals surface area contributed by atoms with E-state index in [0.29, 0.717) is 28.2 Å². The van der Waals surface area contributed by atoms with Crippen molar-refractivity contribution >= 4 is 22.1 Å². The molecule has 0 saturated heterocycles. The maximum Gasteiger partial charge on any atom is 0.159 e. The molecular weight excluding hydrogens is 391 g/mol. The monoisotopic (exact) mass is 406 g/mol. The van der Waals surface area contributed by atoms with Crippen molar-refractivity contribution in [2.45, 2.75) is 0 Å². The quantitative estimate of drug-likeness (QED) is 0.414. The normalized spacial score (nSPS) is 11.4. The summed E-state index contributed by atoms with van der Waals surface area (Å²) in [5.41, 5.74) is 5.97. The van der Waals surface area contributed by atoms with E-state index in [1.807, 2.05) is 42.5 Å². The van der Waals surface area contributed by atoms with Gasteiger partial charge in [0.05, 0.1) is 16.4 Å². The van der Waals surface area contributed by atoms with Crippen LogP contribution in [0.1, 0.15) is 0 Å². The van der Waals surface area contributed by atoms with E-state index in [9.17, 15) is 4.39 Å². The molecule has 4 aromatic heterocycles. The number of pyridine rings is 2. The molecular formula is C24H15FN6. The molecule has 6 nitrogen and oxygen atoms in total. The van der Waals surface area contributed by atoms with Crippen molar-refractivity contribution in [3.63, 3.8) is 0 Å². The summed E-state index contributed by atoms with van der Waals surface area (Å²) < 4.78 is 14.4. The van der Waals surface area contributed by atoms with Crippen LogP contribution >= 0.6 is 0 Å². The predicted molar refractivity (Wildman–Crippen MR) is 118 cm³/mol. The van der Waals surface area contributed by atoms with Crippen LogP contribution in [0.5, 0.6) is 0 Å². The molecule has 4 heterocycles. The third-order valence-electron chi connectivity index (χ3n) is 5.31. The lowest BCUT2D eigenvalue weighted by molar-refractivity contribution is 0.631. The van der Waals surface area contributed by atoms with Crippen molar-refractivity contribution in [1.29, 1.82) is 0 Å². The number of H-pyrrole nitrogens is 2. The molecule has 7 heteroatoms. The summed E-state index contributed by atoms with van der Waals surface area (Å²) in [6.07, 6.45) is 5.32. The molecule has 0 radical (unpaired) electrons. The number of rotatable bonds is 3. The standard InChI is InChI=1S/C24H15FN6/c25-19-8-2-1-6-16(19)17-7-3-9-20-21(17)29-24(28-20)22-18-11-15(13-27-23(18)31-30-22)14-5-4-10-26-12-14/h1-13H,(H,28,29)(H,27,30,31). The first-order valence-corrected chi connectivity index (χ1v) is 9.76. The first-order valence-electron chi connectivity index (χ1n) is 9.76. The Hall–Kier alpha value is -4.39.